The number of benzene rings is 2. The molecule has 0 spiro atoms. The zero-order chi connectivity index (χ0) is 19.8. The Balaban J connectivity index is 1.51. The molecule has 1 amide bonds. The van der Waals surface area contributed by atoms with Gasteiger partial charge in [-0.3, -0.25) is 4.79 Å². The van der Waals surface area contributed by atoms with Gasteiger partial charge in [-0.2, -0.15) is 0 Å². The Morgan fingerprint density at radius 1 is 1.04 bits per heavy atom. The number of rotatable bonds is 9. The lowest BCUT2D eigenvalue weighted by Gasteiger charge is -2.17. The van der Waals surface area contributed by atoms with E-state index in [4.69, 9.17) is 4.74 Å². The van der Waals surface area contributed by atoms with Crippen molar-refractivity contribution in [3.63, 3.8) is 0 Å². The summed E-state index contributed by atoms with van der Waals surface area (Å²) < 4.78 is 5.84. The maximum absolute atomic E-state index is 12.2. The Morgan fingerprint density at radius 2 is 1.79 bits per heavy atom. The molecule has 28 heavy (non-hydrogen) atoms. The first-order chi connectivity index (χ1) is 13.6. The first-order valence-corrected chi connectivity index (χ1v) is 10.0. The van der Waals surface area contributed by atoms with E-state index in [1.807, 2.05) is 29.2 Å². The number of ether oxygens (including phenoxy) is 1. The molecule has 3 rings (SSSR count). The molecular formula is C23H31N3O2. The van der Waals surface area contributed by atoms with Crippen LogP contribution in [0.2, 0.25) is 0 Å². The van der Waals surface area contributed by atoms with Crippen molar-refractivity contribution in [2.75, 3.05) is 33.8 Å². The molecule has 1 aliphatic heterocycles. The first-order valence-electron chi connectivity index (χ1n) is 10.0. The van der Waals surface area contributed by atoms with Crippen LogP contribution < -0.4 is 10.1 Å². The van der Waals surface area contributed by atoms with Gasteiger partial charge in [-0.05, 0) is 44.1 Å². The predicted molar refractivity (Wildman–Crippen MR) is 112 cm³/mol. The Bertz CT molecular complexity index is 770. The van der Waals surface area contributed by atoms with Crippen molar-refractivity contribution in [1.82, 2.24) is 15.1 Å². The summed E-state index contributed by atoms with van der Waals surface area (Å²) in [4.78, 5) is 16.3. The third-order valence-electron chi connectivity index (χ3n) is 4.92. The van der Waals surface area contributed by atoms with Crippen LogP contribution in [0.1, 0.15) is 29.5 Å². The molecule has 0 aromatic heterocycles. The predicted octanol–water partition coefficient (Wildman–Crippen LogP) is 3.04. The summed E-state index contributed by atoms with van der Waals surface area (Å²) in [6.45, 7) is 4.27. The Labute approximate surface area is 168 Å². The number of carbonyl (C=O) groups is 1. The van der Waals surface area contributed by atoms with Gasteiger partial charge in [-0.15, -0.1) is 0 Å². The van der Waals surface area contributed by atoms with Crippen LogP contribution in [0.15, 0.2) is 48.5 Å². The van der Waals surface area contributed by atoms with Crippen molar-refractivity contribution in [3.05, 3.63) is 65.2 Å². The number of nitrogens with zero attached hydrogens (tertiary/aromatic N) is 2. The number of likely N-dealkylation sites (tertiary alicyclic amines) is 1. The van der Waals surface area contributed by atoms with Gasteiger partial charge in [0.1, 0.15) is 5.75 Å². The lowest BCUT2D eigenvalue weighted by atomic mass is 10.1. The fourth-order valence-electron chi connectivity index (χ4n) is 3.53. The number of hydrogen-bond donors (Lipinski definition) is 1. The van der Waals surface area contributed by atoms with E-state index in [0.717, 1.165) is 50.3 Å². The molecule has 150 valence electrons. The van der Waals surface area contributed by atoms with Crippen molar-refractivity contribution in [3.8, 4) is 5.75 Å². The Hall–Kier alpha value is -2.37. The Morgan fingerprint density at radius 3 is 2.57 bits per heavy atom. The molecule has 5 nitrogen and oxygen atoms in total. The van der Waals surface area contributed by atoms with Crippen molar-refractivity contribution in [1.29, 1.82) is 0 Å². The van der Waals surface area contributed by atoms with E-state index < -0.39 is 0 Å². The number of hydrogen-bond acceptors (Lipinski definition) is 4. The molecule has 0 radical (unpaired) electrons. The molecule has 1 N–H and O–H groups in total. The SMILES string of the molecule is CN(C)Cc1cccc(CNCc2ccccc2OCC(=O)N2CCCC2)c1. The molecule has 0 aliphatic carbocycles. The highest BCUT2D eigenvalue weighted by atomic mass is 16.5. The van der Waals surface area contributed by atoms with Crippen LogP contribution in [0.5, 0.6) is 5.75 Å². The molecule has 0 unspecified atom stereocenters. The average Bonchev–Trinajstić information content (AvgIpc) is 3.22. The van der Waals surface area contributed by atoms with Crippen LogP contribution >= 0.6 is 0 Å². The largest absolute Gasteiger partial charge is 0.483 e. The van der Waals surface area contributed by atoms with Gasteiger partial charge in [-0.25, -0.2) is 0 Å². The normalized spacial score (nSPS) is 13.9. The third-order valence-corrected chi connectivity index (χ3v) is 4.92. The second-order valence-electron chi connectivity index (χ2n) is 7.65. The number of carbonyl (C=O) groups excluding carboxylic acids is 1. The molecule has 2 aromatic carbocycles. The van der Waals surface area contributed by atoms with Crippen LogP contribution in [-0.4, -0.2) is 49.5 Å². The molecular weight excluding hydrogens is 350 g/mol. The fraction of sp³-hybridized carbons (Fsp3) is 0.435. The van der Waals surface area contributed by atoms with Gasteiger partial charge in [0.25, 0.3) is 5.91 Å². The highest BCUT2D eigenvalue weighted by Crippen LogP contribution is 2.18. The summed E-state index contributed by atoms with van der Waals surface area (Å²) in [5.41, 5.74) is 3.65. The molecule has 1 saturated heterocycles. The fourth-order valence-corrected chi connectivity index (χ4v) is 3.53. The topological polar surface area (TPSA) is 44.8 Å². The highest BCUT2D eigenvalue weighted by Gasteiger charge is 2.18. The van der Waals surface area contributed by atoms with Gasteiger partial charge >= 0.3 is 0 Å². The van der Waals surface area contributed by atoms with E-state index in [0.29, 0.717) is 6.54 Å². The van der Waals surface area contributed by atoms with Gasteiger partial charge in [0.05, 0.1) is 0 Å². The quantitative estimate of drug-likeness (QED) is 0.725. The van der Waals surface area contributed by atoms with E-state index in [1.54, 1.807) is 0 Å². The van der Waals surface area contributed by atoms with Crippen LogP contribution in [0.25, 0.3) is 0 Å². The van der Waals surface area contributed by atoms with Gasteiger partial charge in [0, 0.05) is 38.3 Å². The van der Waals surface area contributed by atoms with E-state index in [2.05, 4.69) is 48.6 Å². The average molecular weight is 382 g/mol. The maximum Gasteiger partial charge on any atom is 0.260 e. The number of amides is 1. The van der Waals surface area contributed by atoms with Crippen molar-refractivity contribution < 1.29 is 9.53 Å². The Kier molecular flexibility index (Phi) is 7.46. The zero-order valence-electron chi connectivity index (χ0n) is 17.0. The third kappa shape index (κ3) is 6.08. The molecule has 0 atom stereocenters. The van der Waals surface area contributed by atoms with Gasteiger partial charge in [0.15, 0.2) is 6.61 Å². The standard InChI is InChI=1S/C23H31N3O2/c1-25(2)17-20-9-7-8-19(14-20)15-24-16-21-10-3-4-11-22(21)28-18-23(27)26-12-5-6-13-26/h3-4,7-11,14,24H,5-6,12-13,15-18H2,1-2H3. The van der Waals surface area contributed by atoms with E-state index in [1.165, 1.54) is 11.1 Å². The minimum absolute atomic E-state index is 0.0815. The van der Waals surface area contributed by atoms with Gasteiger partial charge in [-0.1, -0.05) is 42.5 Å². The lowest BCUT2D eigenvalue weighted by molar-refractivity contribution is -0.132. The molecule has 1 aliphatic rings. The van der Waals surface area contributed by atoms with Gasteiger partial charge in [0.2, 0.25) is 0 Å². The molecule has 1 fully saturated rings. The second kappa shape index (κ2) is 10.2. The number of para-hydroxylation sites is 1. The minimum Gasteiger partial charge on any atom is -0.483 e. The maximum atomic E-state index is 12.2. The highest BCUT2D eigenvalue weighted by molar-refractivity contribution is 5.78. The van der Waals surface area contributed by atoms with E-state index >= 15 is 0 Å². The molecule has 1 heterocycles. The molecule has 5 heteroatoms. The molecule has 0 saturated carbocycles. The summed E-state index contributed by atoms with van der Waals surface area (Å²) >= 11 is 0. The first kappa shape index (κ1) is 20.4. The van der Waals surface area contributed by atoms with Crippen LogP contribution in [0.3, 0.4) is 0 Å². The minimum atomic E-state index is 0.0815. The van der Waals surface area contributed by atoms with Crippen molar-refractivity contribution >= 4 is 5.91 Å². The van der Waals surface area contributed by atoms with Crippen molar-refractivity contribution in [2.24, 2.45) is 0 Å². The number of nitrogens with one attached hydrogen (secondary N) is 1. The summed E-state index contributed by atoms with van der Waals surface area (Å²) in [5.74, 6) is 0.863. The summed E-state index contributed by atoms with van der Waals surface area (Å²) in [5, 5.41) is 3.49. The molecule has 2 aromatic rings. The van der Waals surface area contributed by atoms with Crippen LogP contribution in [-0.2, 0) is 24.4 Å². The van der Waals surface area contributed by atoms with Crippen LogP contribution in [0, 0.1) is 0 Å². The lowest BCUT2D eigenvalue weighted by Crippen LogP contribution is -2.32. The summed E-state index contributed by atoms with van der Waals surface area (Å²) in [7, 11) is 4.16. The van der Waals surface area contributed by atoms with Gasteiger partial charge < -0.3 is 19.9 Å². The second-order valence-corrected chi connectivity index (χ2v) is 7.65. The van der Waals surface area contributed by atoms with Crippen molar-refractivity contribution in [2.45, 2.75) is 32.5 Å². The van der Waals surface area contributed by atoms with Crippen LogP contribution in [0.4, 0.5) is 0 Å². The summed E-state index contributed by atoms with van der Waals surface area (Å²) in [6.07, 6.45) is 2.20. The summed E-state index contributed by atoms with van der Waals surface area (Å²) in [6, 6.07) is 16.6. The zero-order valence-corrected chi connectivity index (χ0v) is 17.0. The molecule has 0 bridgehead atoms. The van der Waals surface area contributed by atoms with E-state index in [9.17, 15) is 4.79 Å². The monoisotopic (exact) mass is 381 g/mol. The van der Waals surface area contributed by atoms with E-state index in [-0.39, 0.29) is 12.5 Å². The smallest absolute Gasteiger partial charge is 0.260 e.